The smallest absolute Gasteiger partial charge is 0.155 e. The van der Waals surface area contributed by atoms with Gasteiger partial charge in [-0.1, -0.05) is 26.3 Å². The van der Waals surface area contributed by atoms with Gasteiger partial charge in [0.25, 0.3) is 0 Å². The number of fused-ring (bicyclic) bond motifs is 5. The van der Waals surface area contributed by atoms with Crippen LogP contribution >= 0.6 is 0 Å². The Morgan fingerprint density at radius 2 is 1.92 bits per heavy atom. The first-order chi connectivity index (χ1) is 11.7. The molecule has 4 aliphatic carbocycles. The van der Waals surface area contributed by atoms with Crippen molar-refractivity contribution in [2.24, 2.45) is 40.4 Å². The van der Waals surface area contributed by atoms with Crippen molar-refractivity contribution in [3.8, 4) is 0 Å². The first-order valence-electron chi connectivity index (χ1n) is 9.95. The lowest BCUT2D eigenvalue weighted by Crippen LogP contribution is -2.55. The predicted molar refractivity (Wildman–Crippen MR) is 95.8 cm³/mol. The molecule has 3 heteroatoms. The minimum absolute atomic E-state index is 0.0279. The van der Waals surface area contributed by atoms with Gasteiger partial charge < -0.3 is 0 Å². The third kappa shape index (κ3) is 2.20. The van der Waals surface area contributed by atoms with Crippen molar-refractivity contribution in [2.75, 3.05) is 0 Å². The third-order valence-electron chi connectivity index (χ3n) is 8.43. The molecule has 0 aliphatic heterocycles. The Kier molecular flexibility index (Phi) is 3.69. The molecule has 0 heterocycles. The molecule has 0 spiro atoms. The Bertz CT molecular complexity index is 689. The molecule has 7 atom stereocenters. The van der Waals surface area contributed by atoms with E-state index in [9.17, 15) is 14.4 Å². The van der Waals surface area contributed by atoms with Gasteiger partial charge in [-0.3, -0.25) is 14.4 Å². The molecular weight excluding hydrogens is 312 g/mol. The van der Waals surface area contributed by atoms with Crippen LogP contribution in [0, 0.1) is 40.4 Å². The van der Waals surface area contributed by atoms with Gasteiger partial charge in [-0.05, 0) is 67.3 Å². The molecule has 0 N–H and O–H groups in total. The summed E-state index contributed by atoms with van der Waals surface area (Å²) in [7, 11) is 0. The predicted octanol–water partition coefficient (Wildman–Crippen LogP) is 4.15. The van der Waals surface area contributed by atoms with E-state index >= 15 is 0 Å². The Morgan fingerprint density at radius 3 is 2.60 bits per heavy atom. The number of hydrogen-bond acceptors (Lipinski definition) is 3. The summed E-state index contributed by atoms with van der Waals surface area (Å²) in [5.41, 5.74) is 0.925. The number of rotatable bonds is 1. The second kappa shape index (κ2) is 5.37. The molecule has 3 saturated carbocycles. The molecule has 0 amide bonds. The molecule has 25 heavy (non-hydrogen) atoms. The molecule has 0 radical (unpaired) electrons. The van der Waals surface area contributed by atoms with Gasteiger partial charge in [-0.15, -0.1) is 0 Å². The van der Waals surface area contributed by atoms with Crippen molar-refractivity contribution in [1.29, 1.82) is 0 Å². The van der Waals surface area contributed by atoms with Crippen LogP contribution in [0.25, 0.3) is 0 Å². The fourth-order valence-electron chi connectivity index (χ4n) is 7.62. The Hall–Kier alpha value is -1.25. The van der Waals surface area contributed by atoms with Crippen molar-refractivity contribution in [1.82, 2.24) is 0 Å². The van der Waals surface area contributed by atoms with Crippen LogP contribution in [-0.4, -0.2) is 17.3 Å². The summed E-state index contributed by atoms with van der Waals surface area (Å²) in [5.74, 6) is 2.14. The van der Waals surface area contributed by atoms with Gasteiger partial charge in [-0.2, -0.15) is 0 Å². The Morgan fingerprint density at radius 1 is 1.20 bits per heavy atom. The van der Waals surface area contributed by atoms with E-state index < -0.39 is 0 Å². The van der Waals surface area contributed by atoms with Crippen molar-refractivity contribution < 1.29 is 14.4 Å². The summed E-state index contributed by atoms with van der Waals surface area (Å²) >= 11 is 0. The van der Waals surface area contributed by atoms with Crippen molar-refractivity contribution in [3.63, 3.8) is 0 Å². The van der Waals surface area contributed by atoms with Gasteiger partial charge in [0.15, 0.2) is 5.78 Å². The highest BCUT2D eigenvalue weighted by Gasteiger charge is 2.64. The number of Topliss-reactive ketones (excluding diaryl/α,β-unsaturated/α-hetero) is 2. The summed E-state index contributed by atoms with van der Waals surface area (Å²) in [6.45, 7) is 8.34. The van der Waals surface area contributed by atoms with Crippen LogP contribution in [0.3, 0.4) is 0 Å². The minimum atomic E-state index is -0.161. The second-order valence-electron chi connectivity index (χ2n) is 9.79. The molecule has 0 saturated heterocycles. The standard InChI is InChI=1S/C22H30O3/c1-12-9-17-16-6-5-14-10-15(24)7-8-21(14,3)20(16)18(25)11-22(17,4)19(12)13(2)23/h10,12,16-17,19-20H,5-9,11H2,1-4H3/t12-,16?,17?,19?,20?,21?,22?/m1/s1. The lowest BCUT2D eigenvalue weighted by atomic mass is 9.46. The summed E-state index contributed by atoms with van der Waals surface area (Å²) < 4.78 is 0. The van der Waals surface area contributed by atoms with E-state index in [1.807, 2.05) is 6.08 Å². The van der Waals surface area contributed by atoms with Crippen LogP contribution in [0.5, 0.6) is 0 Å². The Labute approximate surface area is 150 Å². The van der Waals surface area contributed by atoms with Gasteiger partial charge >= 0.3 is 0 Å². The zero-order chi connectivity index (χ0) is 18.1. The van der Waals surface area contributed by atoms with E-state index in [4.69, 9.17) is 0 Å². The number of carbonyl (C=O) groups is 3. The minimum Gasteiger partial charge on any atom is -0.300 e. The van der Waals surface area contributed by atoms with Crippen LogP contribution in [0.1, 0.15) is 66.2 Å². The SMILES string of the molecule is CC(=O)C1[C@H](C)CC2C3CCC4=CC(=O)CCC4(C)C3C(=O)CC21C. The van der Waals surface area contributed by atoms with Crippen LogP contribution in [0.4, 0.5) is 0 Å². The van der Waals surface area contributed by atoms with Gasteiger partial charge in [0.1, 0.15) is 11.6 Å². The normalized spacial score (nSPS) is 49.1. The van der Waals surface area contributed by atoms with Crippen LogP contribution in [0.2, 0.25) is 0 Å². The Balaban J connectivity index is 1.76. The molecule has 0 aromatic heterocycles. The molecular formula is C22H30O3. The maximum absolute atomic E-state index is 13.4. The van der Waals surface area contributed by atoms with Gasteiger partial charge in [0, 0.05) is 24.7 Å². The van der Waals surface area contributed by atoms with Crippen LogP contribution in [0.15, 0.2) is 11.6 Å². The number of carbonyl (C=O) groups excluding carboxylic acids is 3. The molecule has 6 unspecified atom stereocenters. The number of hydrogen-bond donors (Lipinski definition) is 0. The van der Waals surface area contributed by atoms with E-state index in [-0.39, 0.29) is 34.2 Å². The van der Waals surface area contributed by atoms with Gasteiger partial charge in [0.05, 0.1) is 0 Å². The van der Waals surface area contributed by atoms with Crippen molar-refractivity contribution in [2.45, 2.75) is 66.2 Å². The van der Waals surface area contributed by atoms with Crippen LogP contribution < -0.4 is 0 Å². The largest absolute Gasteiger partial charge is 0.300 e. The molecule has 3 nitrogen and oxygen atoms in total. The van der Waals surface area contributed by atoms with E-state index in [1.165, 1.54) is 5.57 Å². The lowest BCUT2D eigenvalue weighted by molar-refractivity contribution is -0.148. The van der Waals surface area contributed by atoms with Crippen molar-refractivity contribution >= 4 is 17.3 Å². The molecule has 0 aromatic rings. The van der Waals surface area contributed by atoms with E-state index in [1.54, 1.807) is 6.92 Å². The maximum atomic E-state index is 13.4. The molecule has 0 aromatic carbocycles. The summed E-state index contributed by atoms with van der Waals surface area (Å²) in [6.07, 6.45) is 6.81. The van der Waals surface area contributed by atoms with Gasteiger partial charge in [0.2, 0.25) is 0 Å². The summed E-state index contributed by atoms with van der Waals surface area (Å²) in [6, 6.07) is 0. The highest BCUT2D eigenvalue weighted by Crippen LogP contribution is 2.66. The topological polar surface area (TPSA) is 51.2 Å². The zero-order valence-electron chi connectivity index (χ0n) is 15.9. The summed E-state index contributed by atoms with van der Waals surface area (Å²) in [5, 5.41) is 0. The molecule has 136 valence electrons. The maximum Gasteiger partial charge on any atom is 0.155 e. The molecule has 4 rings (SSSR count). The van der Waals surface area contributed by atoms with E-state index in [0.717, 1.165) is 25.7 Å². The summed E-state index contributed by atoms with van der Waals surface area (Å²) in [4.78, 5) is 37.6. The molecule has 0 bridgehead atoms. The number of ketones is 3. The first-order valence-corrected chi connectivity index (χ1v) is 9.95. The second-order valence-corrected chi connectivity index (χ2v) is 9.79. The highest BCUT2D eigenvalue weighted by atomic mass is 16.1. The average molecular weight is 342 g/mol. The highest BCUT2D eigenvalue weighted by molar-refractivity contribution is 5.93. The zero-order valence-corrected chi connectivity index (χ0v) is 15.9. The van der Waals surface area contributed by atoms with Crippen molar-refractivity contribution in [3.05, 3.63) is 11.6 Å². The quantitative estimate of drug-likeness (QED) is 0.719. The molecule has 4 aliphatic rings. The number of allylic oxidation sites excluding steroid dienone is 1. The van der Waals surface area contributed by atoms with Crippen LogP contribution in [-0.2, 0) is 14.4 Å². The van der Waals surface area contributed by atoms with E-state index in [2.05, 4.69) is 20.8 Å². The fraction of sp³-hybridized carbons (Fsp3) is 0.773. The first kappa shape index (κ1) is 17.2. The monoisotopic (exact) mass is 342 g/mol. The lowest BCUT2D eigenvalue weighted by Gasteiger charge is -2.56. The van der Waals surface area contributed by atoms with E-state index in [0.29, 0.717) is 36.4 Å². The third-order valence-corrected chi connectivity index (χ3v) is 8.43. The fourth-order valence-corrected chi connectivity index (χ4v) is 7.62. The van der Waals surface area contributed by atoms with Gasteiger partial charge in [-0.25, -0.2) is 0 Å². The average Bonchev–Trinajstić information content (AvgIpc) is 2.77. The molecule has 3 fully saturated rings.